The van der Waals surface area contributed by atoms with Gasteiger partial charge in [-0.05, 0) is 4.83 Å². The van der Waals surface area contributed by atoms with Gasteiger partial charge in [-0.3, -0.25) is 0 Å². The lowest BCUT2D eigenvalue weighted by Crippen LogP contribution is -0.923. The van der Waals surface area contributed by atoms with Crippen LogP contribution < -0.4 is 0 Å². The fraction of sp³-hybridized carbons (Fsp3) is 0. The molecule has 0 saturated carbocycles. The van der Waals surface area contributed by atoms with Crippen LogP contribution in [0.1, 0.15) is 0 Å². The molecule has 2 heteroatoms. The van der Waals surface area contributed by atoms with E-state index in [1.165, 1.54) is 0 Å². The van der Waals surface area contributed by atoms with E-state index in [4.69, 9.17) is 0 Å². The van der Waals surface area contributed by atoms with Crippen molar-refractivity contribution in [3.8, 4) is 11.3 Å². The maximum atomic E-state index is 4.51. The maximum Gasteiger partial charge on any atom is 0.0103 e. The van der Waals surface area contributed by atoms with Gasteiger partial charge in [0.2, 0.25) is 0 Å². The Kier molecular flexibility index (Phi) is 20.3. The maximum absolute atomic E-state index is 4.51. The average Bonchev–Trinajstić information content (AvgIpc) is 0.918. The second kappa shape index (κ2) is 9.19. The number of hydrogen-bond donors (Lipinski definition) is 0. The van der Waals surface area contributed by atoms with E-state index >= 15 is 0 Å². The molecule has 0 aliphatic rings. The molecule has 0 aromatic carbocycles. The van der Waals surface area contributed by atoms with Crippen LogP contribution in [-0.4, -0.2) is 23.1 Å². The van der Waals surface area contributed by atoms with E-state index in [2.05, 4.69) is 27.2 Å². The smallest absolute Gasteiger partial charge is 0.0103 e. The molecule has 0 saturated heterocycles. The summed E-state index contributed by atoms with van der Waals surface area (Å²) in [5.41, 5.74) is 0. The number of rotatable bonds is 0. The van der Waals surface area contributed by atoms with Gasteiger partial charge in [0.05, 0.1) is 0 Å². The summed E-state index contributed by atoms with van der Waals surface area (Å²) in [5, 5.41) is 0. The lowest BCUT2D eigenvalue weighted by molar-refractivity contribution is 3.22. The van der Waals surface area contributed by atoms with Crippen LogP contribution in [0.3, 0.4) is 0 Å². The van der Waals surface area contributed by atoms with Crippen molar-refractivity contribution in [1.82, 2.24) is 0 Å². The van der Waals surface area contributed by atoms with Gasteiger partial charge in [-0.25, -0.2) is 0 Å². The highest BCUT2D eigenvalue weighted by molar-refractivity contribution is 9.12. The SMILES string of the molecule is C#CBr.[Mg]. The third-order valence-corrected chi connectivity index (χ3v) is 0. The molecule has 0 rings (SSSR count). The van der Waals surface area contributed by atoms with E-state index in [1.807, 2.05) is 0 Å². The highest BCUT2D eigenvalue weighted by Crippen LogP contribution is 1.58. The summed E-state index contributed by atoms with van der Waals surface area (Å²) in [6.45, 7) is 0. The lowest BCUT2D eigenvalue weighted by atomic mass is 11.4. The van der Waals surface area contributed by atoms with E-state index < -0.39 is 0 Å². The van der Waals surface area contributed by atoms with Crippen molar-refractivity contribution in [2.75, 3.05) is 0 Å². The molecular weight excluding hydrogens is 128 g/mol. The molecule has 0 aromatic heterocycles. The van der Waals surface area contributed by atoms with Crippen LogP contribution >= 0.6 is 15.9 Å². The second-order valence-electron chi connectivity index (χ2n) is 0.109. The zero-order chi connectivity index (χ0) is 2.71. The molecule has 0 amide bonds. The Morgan fingerprint density at radius 1 is 1.75 bits per heavy atom. The van der Waals surface area contributed by atoms with Crippen molar-refractivity contribution >= 4 is 39.0 Å². The fourth-order valence-electron chi connectivity index (χ4n) is 0. The summed E-state index contributed by atoms with van der Waals surface area (Å²) in [5.74, 6) is 0. The van der Waals surface area contributed by atoms with Gasteiger partial charge < -0.3 is 0 Å². The van der Waals surface area contributed by atoms with Gasteiger partial charge >= 0.3 is 0 Å². The quantitative estimate of drug-likeness (QED) is 0.332. The van der Waals surface area contributed by atoms with Gasteiger partial charge in [0.15, 0.2) is 0 Å². The highest BCUT2D eigenvalue weighted by Gasteiger charge is 1.13. The summed E-state index contributed by atoms with van der Waals surface area (Å²) in [4.78, 5) is 2.06. The topological polar surface area (TPSA) is 0 Å². The van der Waals surface area contributed by atoms with Crippen LogP contribution in [0.5, 0.6) is 0 Å². The van der Waals surface area contributed by atoms with E-state index in [0.29, 0.717) is 0 Å². The Morgan fingerprint density at radius 2 is 1.75 bits per heavy atom. The van der Waals surface area contributed by atoms with Crippen LogP contribution in [0.2, 0.25) is 0 Å². The molecule has 0 heterocycles. The van der Waals surface area contributed by atoms with Gasteiger partial charge in [0, 0.05) is 39.0 Å². The predicted molar refractivity (Wildman–Crippen MR) is 23.5 cm³/mol. The zero-order valence-electron chi connectivity index (χ0n) is 2.16. The third kappa shape index (κ3) is 14.1. The van der Waals surface area contributed by atoms with Crippen LogP contribution in [0, 0.1) is 11.3 Å². The number of hydrogen-bond acceptors (Lipinski definition) is 0. The van der Waals surface area contributed by atoms with Crippen molar-refractivity contribution in [3.05, 3.63) is 0 Å². The summed E-state index contributed by atoms with van der Waals surface area (Å²) in [6, 6.07) is 0. The molecule has 0 aliphatic carbocycles. The minimum absolute atomic E-state index is 0. The molecule has 18 valence electrons. The van der Waals surface area contributed by atoms with Gasteiger partial charge in [0.1, 0.15) is 0 Å². The number of terminal acetylenes is 1. The molecule has 0 spiro atoms. The van der Waals surface area contributed by atoms with E-state index in [1.54, 1.807) is 0 Å². The molecule has 0 fully saturated rings. The van der Waals surface area contributed by atoms with Gasteiger partial charge in [-0.15, -0.1) is 6.42 Å². The minimum atomic E-state index is 0. The molecule has 4 heavy (non-hydrogen) atoms. The summed E-state index contributed by atoms with van der Waals surface area (Å²) in [6.07, 6.45) is 4.51. The lowest BCUT2D eigenvalue weighted by Gasteiger charge is -1.18. The Balaban J connectivity index is 0. The van der Waals surface area contributed by atoms with Gasteiger partial charge in [-0.1, -0.05) is 0 Å². The Bertz CT molecular complexity index is 27.5. The number of halogens is 1. The van der Waals surface area contributed by atoms with Crippen molar-refractivity contribution < 1.29 is 0 Å². The largest absolute Gasteiger partial charge is 0.108 e. The Labute approximate surface area is 50.2 Å². The summed E-state index contributed by atoms with van der Waals surface area (Å²) < 4.78 is 0. The van der Waals surface area contributed by atoms with E-state index in [0.717, 1.165) is 0 Å². The molecule has 2 radical (unpaired) electrons. The third-order valence-electron chi connectivity index (χ3n) is 0. The fourth-order valence-corrected chi connectivity index (χ4v) is 0. The molecule has 0 N–H and O–H groups in total. The molecule has 0 aromatic rings. The Morgan fingerprint density at radius 3 is 1.75 bits per heavy atom. The van der Waals surface area contributed by atoms with Crippen LogP contribution in [-0.2, 0) is 0 Å². The normalized spacial score (nSPS) is 2.00. The van der Waals surface area contributed by atoms with E-state index in [-0.39, 0.29) is 23.1 Å². The first-order valence-electron chi connectivity index (χ1n) is 0.478. The first kappa shape index (κ1) is 8.84. The molecule has 0 atom stereocenters. The average molecular weight is 129 g/mol. The summed E-state index contributed by atoms with van der Waals surface area (Å²) >= 11 is 2.67. The monoisotopic (exact) mass is 128 g/mol. The molecule has 0 bridgehead atoms. The van der Waals surface area contributed by atoms with Gasteiger partial charge in [0.25, 0.3) is 0 Å². The van der Waals surface area contributed by atoms with Crippen LogP contribution in [0.25, 0.3) is 0 Å². The molecular formula is C2HBrMg. The van der Waals surface area contributed by atoms with Crippen molar-refractivity contribution in [2.24, 2.45) is 0 Å². The minimum Gasteiger partial charge on any atom is -0.108 e. The predicted octanol–water partition coefficient (Wildman–Crippen LogP) is 0.591. The highest BCUT2D eigenvalue weighted by atomic mass is 79.9. The van der Waals surface area contributed by atoms with Crippen LogP contribution in [0.15, 0.2) is 0 Å². The van der Waals surface area contributed by atoms with Crippen LogP contribution in [0.4, 0.5) is 0 Å². The molecule has 0 unspecified atom stereocenters. The van der Waals surface area contributed by atoms with Crippen molar-refractivity contribution in [1.29, 1.82) is 0 Å². The van der Waals surface area contributed by atoms with Crippen molar-refractivity contribution in [2.45, 2.75) is 0 Å². The standard InChI is InChI=1S/C2HBr.Mg/c1-2-3;/h1H;. The molecule has 0 nitrogen and oxygen atoms in total. The summed E-state index contributed by atoms with van der Waals surface area (Å²) in [7, 11) is 0. The second-order valence-corrected chi connectivity index (χ2v) is 0.567. The molecule has 0 aliphatic heterocycles. The first-order chi connectivity index (χ1) is 1.41. The van der Waals surface area contributed by atoms with Crippen molar-refractivity contribution in [3.63, 3.8) is 0 Å². The van der Waals surface area contributed by atoms with E-state index in [9.17, 15) is 0 Å². The first-order valence-corrected chi connectivity index (χ1v) is 1.27. The Hall–Kier alpha value is 0.806. The van der Waals surface area contributed by atoms with Gasteiger partial charge in [-0.2, -0.15) is 0 Å². The zero-order valence-corrected chi connectivity index (χ0v) is 5.16.